The summed E-state index contributed by atoms with van der Waals surface area (Å²) in [7, 11) is 0. The maximum Gasteiger partial charge on any atom is 0.257 e. The molecule has 0 radical (unpaired) electrons. The number of hydrogen-bond acceptors (Lipinski definition) is 2. The first-order valence-corrected chi connectivity index (χ1v) is 7.44. The Kier molecular flexibility index (Phi) is 5.63. The van der Waals surface area contributed by atoms with Gasteiger partial charge >= 0.3 is 0 Å². The Labute approximate surface area is 135 Å². The monoisotopic (exact) mass is 369 g/mol. The van der Waals surface area contributed by atoms with Gasteiger partial charge in [-0.2, -0.15) is 0 Å². The predicted octanol–water partition coefficient (Wildman–Crippen LogP) is 3.58. The largest absolute Gasteiger partial charge is 0.396 e. The molecule has 0 saturated heterocycles. The molecule has 22 heavy (non-hydrogen) atoms. The van der Waals surface area contributed by atoms with Crippen molar-refractivity contribution in [2.24, 2.45) is 0 Å². The Hall–Kier alpha value is -1.79. The van der Waals surface area contributed by atoms with Gasteiger partial charge in [0.15, 0.2) is 0 Å². The Bertz CT molecular complexity index is 659. The van der Waals surface area contributed by atoms with Crippen LogP contribution in [0.5, 0.6) is 0 Å². The third kappa shape index (κ3) is 3.69. The van der Waals surface area contributed by atoms with Crippen LogP contribution in [0.4, 0.5) is 8.78 Å². The molecule has 6 heteroatoms. The molecule has 0 bridgehead atoms. The zero-order valence-corrected chi connectivity index (χ0v) is 13.1. The van der Waals surface area contributed by atoms with Crippen LogP contribution in [0.25, 0.3) is 0 Å². The summed E-state index contributed by atoms with van der Waals surface area (Å²) in [6.07, 6.45) is 0.227. The van der Waals surface area contributed by atoms with Crippen molar-refractivity contribution >= 4 is 21.8 Å². The molecule has 1 unspecified atom stereocenters. The number of amides is 1. The number of rotatable bonds is 5. The summed E-state index contributed by atoms with van der Waals surface area (Å²) >= 11 is 3.36. The van der Waals surface area contributed by atoms with Gasteiger partial charge < -0.3 is 10.4 Å². The highest BCUT2D eigenvalue weighted by atomic mass is 79.9. The van der Waals surface area contributed by atoms with Crippen molar-refractivity contribution in [2.45, 2.75) is 12.5 Å². The summed E-state index contributed by atoms with van der Waals surface area (Å²) in [5.74, 6) is -2.70. The van der Waals surface area contributed by atoms with Gasteiger partial charge in [-0.05, 0) is 30.2 Å². The van der Waals surface area contributed by atoms with Gasteiger partial charge in [0, 0.05) is 11.1 Å². The molecule has 2 N–H and O–H groups in total. The van der Waals surface area contributed by atoms with Crippen LogP contribution in [0.1, 0.15) is 28.4 Å². The van der Waals surface area contributed by atoms with E-state index in [1.807, 2.05) is 6.07 Å². The lowest BCUT2D eigenvalue weighted by atomic mass is 10.0. The zero-order chi connectivity index (χ0) is 16.1. The Morgan fingerprint density at radius 2 is 1.77 bits per heavy atom. The standard InChI is InChI=1S/C16H14BrF2NO2/c17-11-5-2-1-4-10(11)14(8-9-21)20-16(22)15-12(18)6-3-7-13(15)19/h1-7,14,21H,8-9H2,(H,20,22). The summed E-state index contributed by atoms with van der Waals surface area (Å²) in [6.45, 7) is -0.175. The second-order valence-corrected chi connectivity index (χ2v) is 5.51. The molecule has 0 aliphatic heterocycles. The minimum Gasteiger partial charge on any atom is -0.396 e. The number of aliphatic hydroxyl groups excluding tert-OH is 1. The lowest BCUT2D eigenvalue weighted by molar-refractivity contribution is 0.0921. The quantitative estimate of drug-likeness (QED) is 0.846. The molecule has 2 rings (SSSR count). The van der Waals surface area contributed by atoms with E-state index in [0.29, 0.717) is 0 Å². The fraction of sp³-hybridized carbons (Fsp3) is 0.188. The molecule has 0 aliphatic rings. The van der Waals surface area contributed by atoms with Gasteiger partial charge in [-0.1, -0.05) is 40.2 Å². The van der Waals surface area contributed by atoms with Crippen molar-refractivity contribution in [3.8, 4) is 0 Å². The van der Waals surface area contributed by atoms with E-state index < -0.39 is 29.1 Å². The van der Waals surface area contributed by atoms with E-state index in [1.54, 1.807) is 18.2 Å². The number of nitrogens with one attached hydrogen (secondary N) is 1. The molecule has 2 aromatic rings. The summed E-state index contributed by atoms with van der Waals surface area (Å²) in [6, 6.07) is 9.82. The van der Waals surface area contributed by atoms with E-state index in [4.69, 9.17) is 5.11 Å². The fourth-order valence-corrected chi connectivity index (χ4v) is 2.70. The molecule has 116 valence electrons. The molecule has 0 aromatic heterocycles. The van der Waals surface area contributed by atoms with Crippen LogP contribution in [0.3, 0.4) is 0 Å². The Morgan fingerprint density at radius 1 is 1.14 bits per heavy atom. The highest BCUT2D eigenvalue weighted by Crippen LogP contribution is 2.26. The minimum atomic E-state index is -0.924. The normalized spacial score (nSPS) is 12.0. The van der Waals surface area contributed by atoms with E-state index in [2.05, 4.69) is 21.2 Å². The summed E-state index contributed by atoms with van der Waals surface area (Å²) < 4.78 is 28.1. The van der Waals surface area contributed by atoms with Gasteiger partial charge in [0.2, 0.25) is 0 Å². The predicted molar refractivity (Wildman–Crippen MR) is 82.4 cm³/mol. The number of benzene rings is 2. The van der Waals surface area contributed by atoms with Crippen LogP contribution >= 0.6 is 15.9 Å². The van der Waals surface area contributed by atoms with Crippen LogP contribution in [0.2, 0.25) is 0 Å². The van der Waals surface area contributed by atoms with Crippen LogP contribution in [0, 0.1) is 11.6 Å². The van der Waals surface area contributed by atoms with Crippen molar-refractivity contribution in [3.05, 3.63) is 69.7 Å². The van der Waals surface area contributed by atoms with Crippen molar-refractivity contribution in [3.63, 3.8) is 0 Å². The number of halogens is 3. The summed E-state index contributed by atoms with van der Waals surface area (Å²) in [5.41, 5.74) is 0.0964. The topological polar surface area (TPSA) is 49.3 Å². The van der Waals surface area contributed by atoms with E-state index >= 15 is 0 Å². The van der Waals surface area contributed by atoms with Gasteiger partial charge in [0.1, 0.15) is 17.2 Å². The van der Waals surface area contributed by atoms with Gasteiger partial charge in [-0.25, -0.2) is 8.78 Å². The van der Waals surface area contributed by atoms with E-state index in [-0.39, 0.29) is 13.0 Å². The third-order valence-corrected chi connectivity index (χ3v) is 3.92. The Balaban J connectivity index is 2.29. The first-order chi connectivity index (χ1) is 10.5. The second kappa shape index (κ2) is 7.47. The molecule has 3 nitrogen and oxygen atoms in total. The average Bonchev–Trinajstić information content (AvgIpc) is 2.47. The number of hydrogen-bond donors (Lipinski definition) is 2. The lowest BCUT2D eigenvalue weighted by Crippen LogP contribution is -2.31. The van der Waals surface area contributed by atoms with Gasteiger partial charge in [0.05, 0.1) is 6.04 Å². The first-order valence-electron chi connectivity index (χ1n) is 6.64. The maximum absolute atomic E-state index is 13.7. The molecule has 0 aliphatic carbocycles. The SMILES string of the molecule is O=C(NC(CCO)c1ccccc1Br)c1c(F)cccc1F. The summed E-state index contributed by atoms with van der Waals surface area (Å²) in [4.78, 5) is 12.2. The smallest absolute Gasteiger partial charge is 0.257 e. The van der Waals surface area contributed by atoms with Gasteiger partial charge in [-0.15, -0.1) is 0 Å². The number of carbonyl (C=O) groups excluding carboxylic acids is 1. The van der Waals surface area contributed by atoms with Gasteiger partial charge in [-0.3, -0.25) is 4.79 Å². The highest BCUT2D eigenvalue weighted by molar-refractivity contribution is 9.10. The van der Waals surface area contributed by atoms with Crippen LogP contribution in [-0.2, 0) is 0 Å². The average molecular weight is 370 g/mol. The second-order valence-electron chi connectivity index (χ2n) is 4.66. The molecule has 0 saturated carbocycles. The zero-order valence-electron chi connectivity index (χ0n) is 11.5. The van der Waals surface area contributed by atoms with Crippen molar-refractivity contribution in [1.82, 2.24) is 5.32 Å². The van der Waals surface area contributed by atoms with Crippen molar-refractivity contribution in [2.75, 3.05) is 6.61 Å². The number of aliphatic hydroxyl groups is 1. The van der Waals surface area contributed by atoms with Crippen molar-refractivity contribution in [1.29, 1.82) is 0 Å². The maximum atomic E-state index is 13.7. The number of carbonyl (C=O) groups is 1. The van der Waals surface area contributed by atoms with Crippen LogP contribution in [0.15, 0.2) is 46.9 Å². The third-order valence-electron chi connectivity index (χ3n) is 3.19. The molecule has 0 heterocycles. The molecule has 0 fully saturated rings. The van der Waals surface area contributed by atoms with Crippen molar-refractivity contribution < 1.29 is 18.7 Å². The molecule has 2 aromatic carbocycles. The lowest BCUT2D eigenvalue weighted by Gasteiger charge is -2.20. The van der Waals surface area contributed by atoms with Gasteiger partial charge in [0.25, 0.3) is 5.91 Å². The molecule has 1 atom stereocenters. The van der Waals surface area contributed by atoms with Crippen LogP contribution < -0.4 is 5.32 Å². The first kappa shape index (κ1) is 16.6. The Morgan fingerprint density at radius 3 is 2.36 bits per heavy atom. The van der Waals surface area contributed by atoms with Crippen LogP contribution in [-0.4, -0.2) is 17.6 Å². The summed E-state index contributed by atoms with van der Waals surface area (Å²) in [5, 5.41) is 11.7. The molecular formula is C16H14BrF2NO2. The van der Waals surface area contributed by atoms with E-state index in [9.17, 15) is 13.6 Å². The fourth-order valence-electron chi connectivity index (χ4n) is 2.14. The molecule has 0 spiro atoms. The molecular weight excluding hydrogens is 356 g/mol. The van der Waals surface area contributed by atoms with E-state index in [1.165, 1.54) is 6.07 Å². The minimum absolute atomic E-state index is 0.175. The van der Waals surface area contributed by atoms with E-state index in [0.717, 1.165) is 22.2 Å². The molecule has 1 amide bonds. The highest BCUT2D eigenvalue weighted by Gasteiger charge is 2.22.